The Labute approximate surface area is 428 Å². The molecule has 0 aliphatic heterocycles. The van der Waals surface area contributed by atoms with Crippen LogP contribution in [0.4, 0.5) is 0 Å². The van der Waals surface area contributed by atoms with Crippen LogP contribution in [0.1, 0.15) is 373 Å². The third-order valence-electron chi connectivity index (χ3n) is 15.3. The molecule has 2 unspecified atom stereocenters. The lowest BCUT2D eigenvalue weighted by Gasteiger charge is -2.22. The predicted molar refractivity (Wildman–Crippen MR) is 304 cm³/mol. The van der Waals surface area contributed by atoms with Crippen LogP contribution in [0.2, 0.25) is 0 Å². The number of allylic oxidation sites excluding steroid dienone is 2. The maximum absolute atomic E-state index is 12.5. The Kier molecular flexibility index (Phi) is 59.7. The molecule has 1 amide bonds. The van der Waals surface area contributed by atoms with Gasteiger partial charge in [0.15, 0.2) is 0 Å². The van der Waals surface area contributed by atoms with E-state index in [1.807, 2.05) is 0 Å². The van der Waals surface area contributed by atoms with Crippen LogP contribution in [0, 0.1) is 0 Å². The zero-order chi connectivity index (χ0) is 49.2. The summed E-state index contributed by atoms with van der Waals surface area (Å²) >= 11 is 0. The number of amides is 1. The minimum Gasteiger partial charge on any atom is -0.394 e. The molecule has 0 saturated carbocycles. The van der Waals surface area contributed by atoms with Crippen molar-refractivity contribution in [1.82, 2.24) is 5.32 Å². The number of unbranched alkanes of at least 4 members (excludes halogenated alkanes) is 51. The normalized spacial score (nSPS) is 12.7. The number of nitrogens with one attached hydrogen (secondary N) is 1. The highest BCUT2D eigenvalue weighted by Gasteiger charge is 2.20. The predicted octanol–water partition coefficient (Wildman–Crippen LogP) is 21.3. The lowest BCUT2D eigenvalue weighted by Crippen LogP contribution is -2.45. The summed E-state index contributed by atoms with van der Waals surface area (Å²) in [6, 6.07) is -0.534. The molecular weight excluding hydrogens is 831 g/mol. The lowest BCUT2D eigenvalue weighted by molar-refractivity contribution is -0.123. The Morgan fingerprint density at radius 2 is 0.559 bits per heavy atom. The minimum atomic E-state index is -0.657. The van der Waals surface area contributed by atoms with E-state index >= 15 is 0 Å². The standard InChI is InChI=1S/C64H127NO3/c1-3-5-7-9-11-13-15-17-19-21-23-25-27-28-29-30-31-32-33-34-35-36-38-40-42-44-46-48-50-52-54-56-58-60-64(68)65-62(61-66)63(67)59-57-55-53-51-49-47-45-43-41-39-37-26-24-22-20-18-16-14-12-10-8-6-4-2/h28-29,62-63,66-67H,3-27,30-61H2,1-2H3,(H,65,68)/b29-28-. The zero-order valence-electron chi connectivity index (χ0n) is 46.9. The van der Waals surface area contributed by atoms with E-state index in [1.165, 1.54) is 321 Å². The van der Waals surface area contributed by atoms with E-state index in [-0.39, 0.29) is 12.5 Å². The van der Waals surface area contributed by atoms with Crippen molar-refractivity contribution in [3.05, 3.63) is 12.2 Å². The summed E-state index contributed by atoms with van der Waals surface area (Å²) in [4.78, 5) is 12.5. The third-order valence-corrected chi connectivity index (χ3v) is 15.3. The van der Waals surface area contributed by atoms with Crippen molar-refractivity contribution in [3.63, 3.8) is 0 Å². The van der Waals surface area contributed by atoms with Crippen molar-refractivity contribution in [1.29, 1.82) is 0 Å². The summed E-state index contributed by atoms with van der Waals surface area (Å²) < 4.78 is 0. The van der Waals surface area contributed by atoms with Gasteiger partial charge in [-0.2, -0.15) is 0 Å². The second-order valence-electron chi connectivity index (χ2n) is 22.2. The van der Waals surface area contributed by atoms with Crippen LogP contribution in [0.15, 0.2) is 12.2 Å². The van der Waals surface area contributed by atoms with Gasteiger partial charge >= 0.3 is 0 Å². The van der Waals surface area contributed by atoms with Gasteiger partial charge in [-0.3, -0.25) is 4.79 Å². The average Bonchev–Trinajstić information content (AvgIpc) is 3.34. The molecule has 4 heteroatoms. The molecule has 4 nitrogen and oxygen atoms in total. The minimum absolute atomic E-state index is 0.0224. The van der Waals surface area contributed by atoms with E-state index in [9.17, 15) is 15.0 Å². The van der Waals surface area contributed by atoms with E-state index < -0.39 is 12.1 Å². The Balaban J connectivity index is 3.38. The van der Waals surface area contributed by atoms with Gasteiger partial charge in [-0.1, -0.05) is 341 Å². The Bertz CT molecular complexity index is 952. The molecule has 0 aromatic heterocycles. The average molecular weight is 959 g/mol. The third kappa shape index (κ3) is 56.0. The molecular formula is C64H127NO3. The number of carbonyl (C=O) groups excluding carboxylic acids is 1. The molecule has 0 spiro atoms. The monoisotopic (exact) mass is 958 g/mol. The van der Waals surface area contributed by atoms with Gasteiger partial charge in [-0.15, -0.1) is 0 Å². The number of rotatable bonds is 60. The lowest BCUT2D eigenvalue weighted by atomic mass is 10.0. The molecule has 0 radical (unpaired) electrons. The van der Waals surface area contributed by atoms with Gasteiger partial charge < -0.3 is 15.5 Å². The number of aliphatic hydroxyl groups is 2. The first-order valence-corrected chi connectivity index (χ1v) is 31.9. The van der Waals surface area contributed by atoms with Crippen LogP contribution in [0.25, 0.3) is 0 Å². The van der Waals surface area contributed by atoms with Crippen LogP contribution in [0.3, 0.4) is 0 Å². The number of carbonyl (C=O) groups is 1. The van der Waals surface area contributed by atoms with Gasteiger partial charge in [0.2, 0.25) is 5.91 Å². The maximum atomic E-state index is 12.5. The molecule has 2 atom stereocenters. The fourth-order valence-corrected chi connectivity index (χ4v) is 10.4. The highest BCUT2D eigenvalue weighted by molar-refractivity contribution is 5.76. The maximum Gasteiger partial charge on any atom is 0.220 e. The molecule has 0 saturated heterocycles. The van der Waals surface area contributed by atoms with Gasteiger partial charge in [0, 0.05) is 6.42 Å². The SMILES string of the molecule is CCCCCCCCCCCCCC/C=C\CCCCCCCCCCCCCCCCCCCC(=O)NC(CO)C(O)CCCCCCCCCCCCCCCCCCCCCCCCC. The van der Waals surface area contributed by atoms with Crippen molar-refractivity contribution in [2.24, 2.45) is 0 Å². The summed E-state index contributed by atoms with van der Waals surface area (Å²) in [6.07, 6.45) is 79.5. The van der Waals surface area contributed by atoms with Crippen LogP contribution in [0.5, 0.6) is 0 Å². The highest BCUT2D eigenvalue weighted by atomic mass is 16.3. The quantitative estimate of drug-likeness (QED) is 0.0420. The summed E-state index contributed by atoms with van der Waals surface area (Å²) in [5.74, 6) is -0.0224. The van der Waals surface area contributed by atoms with Crippen molar-refractivity contribution in [2.45, 2.75) is 386 Å². The van der Waals surface area contributed by atoms with Crippen molar-refractivity contribution >= 4 is 5.91 Å². The molecule has 0 aromatic rings. The van der Waals surface area contributed by atoms with E-state index in [0.29, 0.717) is 12.8 Å². The first-order valence-electron chi connectivity index (χ1n) is 31.9. The van der Waals surface area contributed by atoms with Crippen LogP contribution in [-0.2, 0) is 4.79 Å². The summed E-state index contributed by atoms with van der Waals surface area (Å²) in [7, 11) is 0. The van der Waals surface area contributed by atoms with E-state index in [1.54, 1.807) is 0 Å². The topological polar surface area (TPSA) is 69.6 Å². The van der Waals surface area contributed by atoms with Crippen molar-refractivity contribution < 1.29 is 15.0 Å². The Hall–Kier alpha value is -0.870. The second-order valence-corrected chi connectivity index (χ2v) is 22.2. The summed E-state index contributed by atoms with van der Waals surface area (Å²) in [5.41, 5.74) is 0. The largest absolute Gasteiger partial charge is 0.394 e. The fourth-order valence-electron chi connectivity index (χ4n) is 10.4. The molecule has 0 fully saturated rings. The van der Waals surface area contributed by atoms with E-state index in [0.717, 1.165) is 25.7 Å². The first-order chi connectivity index (χ1) is 33.7. The molecule has 0 rings (SSSR count). The molecule has 0 aromatic carbocycles. The van der Waals surface area contributed by atoms with Crippen LogP contribution >= 0.6 is 0 Å². The van der Waals surface area contributed by atoms with E-state index in [4.69, 9.17) is 0 Å². The molecule has 0 heterocycles. The molecule has 68 heavy (non-hydrogen) atoms. The van der Waals surface area contributed by atoms with Gasteiger partial charge in [0.1, 0.15) is 0 Å². The Morgan fingerprint density at radius 1 is 0.338 bits per heavy atom. The fraction of sp³-hybridized carbons (Fsp3) is 0.953. The number of hydrogen-bond donors (Lipinski definition) is 3. The second kappa shape index (κ2) is 60.4. The summed E-state index contributed by atoms with van der Waals surface area (Å²) in [6.45, 7) is 4.41. The zero-order valence-corrected chi connectivity index (χ0v) is 46.9. The van der Waals surface area contributed by atoms with Gasteiger partial charge in [0.05, 0.1) is 18.8 Å². The Morgan fingerprint density at radius 3 is 0.809 bits per heavy atom. The smallest absolute Gasteiger partial charge is 0.220 e. The van der Waals surface area contributed by atoms with Gasteiger partial charge in [-0.05, 0) is 38.5 Å². The molecule has 0 bridgehead atoms. The molecule has 406 valence electrons. The molecule has 0 aliphatic rings. The van der Waals surface area contributed by atoms with Gasteiger partial charge in [0.25, 0.3) is 0 Å². The van der Waals surface area contributed by atoms with Crippen LogP contribution < -0.4 is 5.32 Å². The van der Waals surface area contributed by atoms with Crippen molar-refractivity contribution in [3.8, 4) is 0 Å². The first kappa shape index (κ1) is 67.1. The number of aliphatic hydroxyl groups excluding tert-OH is 2. The van der Waals surface area contributed by atoms with Gasteiger partial charge in [-0.25, -0.2) is 0 Å². The van der Waals surface area contributed by atoms with Crippen LogP contribution in [-0.4, -0.2) is 34.9 Å². The molecule has 3 N–H and O–H groups in total. The molecule has 0 aliphatic carbocycles. The van der Waals surface area contributed by atoms with E-state index in [2.05, 4.69) is 31.3 Å². The van der Waals surface area contributed by atoms with Crippen molar-refractivity contribution in [2.75, 3.05) is 6.61 Å². The highest BCUT2D eigenvalue weighted by Crippen LogP contribution is 2.19. The number of hydrogen-bond acceptors (Lipinski definition) is 3. The summed E-state index contributed by atoms with van der Waals surface area (Å²) in [5, 5.41) is 23.4.